The van der Waals surface area contributed by atoms with Gasteiger partial charge >= 0.3 is 0 Å². The Balaban J connectivity index is 3.07. The van der Waals surface area contributed by atoms with Crippen molar-refractivity contribution < 1.29 is 0 Å². The van der Waals surface area contributed by atoms with Crippen LogP contribution in [0.4, 0.5) is 0 Å². The summed E-state index contributed by atoms with van der Waals surface area (Å²) >= 11 is 18.7. The standard InChI is InChI=1S/C8H6Br2Cl2/c9-4-6(10)5-2-1-3-7(11)8(5)12/h1-3,6H,4H2. The van der Waals surface area contributed by atoms with Crippen LogP contribution in [0, 0.1) is 0 Å². The van der Waals surface area contributed by atoms with E-state index in [1.165, 1.54) is 0 Å². The van der Waals surface area contributed by atoms with Gasteiger partial charge in [-0.2, -0.15) is 0 Å². The lowest BCUT2D eigenvalue weighted by Gasteiger charge is -2.09. The molecule has 0 aliphatic rings. The first-order valence-electron chi connectivity index (χ1n) is 3.30. The van der Waals surface area contributed by atoms with Crippen LogP contribution >= 0.6 is 55.1 Å². The highest BCUT2D eigenvalue weighted by Gasteiger charge is 2.11. The van der Waals surface area contributed by atoms with Gasteiger partial charge < -0.3 is 0 Å². The van der Waals surface area contributed by atoms with Crippen molar-refractivity contribution in [3.8, 4) is 0 Å². The predicted octanol–water partition coefficient (Wildman–Crippen LogP) is 4.82. The summed E-state index contributed by atoms with van der Waals surface area (Å²) in [5.74, 6) is 0. The number of benzene rings is 1. The monoisotopic (exact) mass is 330 g/mol. The fourth-order valence-electron chi connectivity index (χ4n) is 0.846. The van der Waals surface area contributed by atoms with Gasteiger partial charge in [-0.1, -0.05) is 67.2 Å². The Morgan fingerprint density at radius 2 is 2.00 bits per heavy atom. The van der Waals surface area contributed by atoms with Crippen LogP contribution in [0.3, 0.4) is 0 Å². The van der Waals surface area contributed by atoms with Crippen LogP contribution in [0.25, 0.3) is 0 Å². The maximum Gasteiger partial charge on any atom is 0.0635 e. The SMILES string of the molecule is Clc1cccc(C(Br)CBr)c1Cl. The van der Waals surface area contributed by atoms with E-state index in [1.807, 2.05) is 12.1 Å². The van der Waals surface area contributed by atoms with Crippen LogP contribution in [0.1, 0.15) is 10.4 Å². The van der Waals surface area contributed by atoms with E-state index >= 15 is 0 Å². The summed E-state index contributed by atoms with van der Waals surface area (Å²) in [6, 6.07) is 5.62. The van der Waals surface area contributed by atoms with Gasteiger partial charge in [0, 0.05) is 5.33 Å². The van der Waals surface area contributed by atoms with Crippen LogP contribution in [-0.4, -0.2) is 5.33 Å². The smallest absolute Gasteiger partial charge is 0.0635 e. The minimum absolute atomic E-state index is 0.212. The fraction of sp³-hybridized carbons (Fsp3) is 0.250. The Hall–Kier alpha value is 0.760. The van der Waals surface area contributed by atoms with Crippen molar-refractivity contribution in [3.63, 3.8) is 0 Å². The first-order chi connectivity index (χ1) is 5.66. The highest BCUT2D eigenvalue weighted by molar-refractivity contribution is 9.12. The summed E-state index contributed by atoms with van der Waals surface area (Å²) in [6.07, 6.45) is 0. The molecule has 0 nitrogen and oxygen atoms in total. The average Bonchev–Trinajstić information content (AvgIpc) is 2.08. The molecule has 0 amide bonds. The summed E-state index contributed by atoms with van der Waals surface area (Å²) in [7, 11) is 0. The molecule has 0 heterocycles. The second-order valence-electron chi connectivity index (χ2n) is 2.26. The highest BCUT2D eigenvalue weighted by Crippen LogP contribution is 2.34. The minimum atomic E-state index is 0.212. The molecule has 0 fully saturated rings. The number of halogens is 4. The molecule has 0 N–H and O–H groups in total. The topological polar surface area (TPSA) is 0 Å². The highest BCUT2D eigenvalue weighted by atomic mass is 79.9. The third-order valence-electron chi connectivity index (χ3n) is 1.45. The zero-order valence-electron chi connectivity index (χ0n) is 6.03. The van der Waals surface area contributed by atoms with Crippen LogP contribution in [0.5, 0.6) is 0 Å². The van der Waals surface area contributed by atoms with Gasteiger partial charge in [0.2, 0.25) is 0 Å². The minimum Gasteiger partial charge on any atom is -0.0912 e. The first-order valence-corrected chi connectivity index (χ1v) is 6.10. The van der Waals surface area contributed by atoms with Crippen LogP contribution < -0.4 is 0 Å². The molecule has 1 rings (SSSR count). The molecule has 1 aromatic carbocycles. The molecule has 4 heteroatoms. The molecule has 1 aromatic rings. The molecule has 0 aliphatic heterocycles. The van der Waals surface area contributed by atoms with Crippen molar-refractivity contribution in [1.82, 2.24) is 0 Å². The Labute approximate surface area is 98.5 Å². The van der Waals surface area contributed by atoms with E-state index in [1.54, 1.807) is 6.07 Å². The largest absolute Gasteiger partial charge is 0.0912 e. The molecular formula is C8H6Br2Cl2. The maximum atomic E-state index is 5.98. The third-order valence-corrected chi connectivity index (χ3v) is 4.62. The lowest BCUT2D eigenvalue weighted by atomic mass is 10.2. The molecular weight excluding hydrogens is 327 g/mol. The van der Waals surface area contributed by atoms with Gasteiger partial charge in [0.25, 0.3) is 0 Å². The van der Waals surface area contributed by atoms with Crippen molar-refractivity contribution in [2.45, 2.75) is 4.83 Å². The zero-order chi connectivity index (χ0) is 9.14. The van der Waals surface area contributed by atoms with Crippen LogP contribution in [0.15, 0.2) is 18.2 Å². The second-order valence-corrected chi connectivity index (χ2v) is 4.80. The van der Waals surface area contributed by atoms with Crippen LogP contribution in [-0.2, 0) is 0 Å². The van der Waals surface area contributed by atoms with Gasteiger partial charge in [0.1, 0.15) is 0 Å². The van der Waals surface area contributed by atoms with E-state index in [0.717, 1.165) is 10.9 Å². The summed E-state index contributed by atoms with van der Waals surface area (Å²) < 4.78 is 0. The van der Waals surface area contributed by atoms with E-state index in [0.29, 0.717) is 10.0 Å². The van der Waals surface area contributed by atoms with Crippen molar-refractivity contribution in [2.24, 2.45) is 0 Å². The molecule has 0 radical (unpaired) electrons. The number of hydrogen-bond acceptors (Lipinski definition) is 0. The lowest BCUT2D eigenvalue weighted by Crippen LogP contribution is -1.91. The van der Waals surface area contributed by atoms with E-state index < -0.39 is 0 Å². The average molecular weight is 333 g/mol. The Bertz CT molecular complexity index is 276. The Morgan fingerprint density at radius 3 is 2.58 bits per heavy atom. The molecule has 66 valence electrons. The first kappa shape index (κ1) is 10.8. The lowest BCUT2D eigenvalue weighted by molar-refractivity contribution is 1.15. The summed E-state index contributed by atoms with van der Waals surface area (Å²) in [6.45, 7) is 0. The molecule has 0 saturated heterocycles. The van der Waals surface area contributed by atoms with Crippen LogP contribution in [0.2, 0.25) is 10.0 Å². The molecule has 1 atom stereocenters. The predicted molar refractivity (Wildman–Crippen MR) is 61.9 cm³/mol. The number of rotatable bonds is 2. The summed E-state index contributed by atoms with van der Waals surface area (Å²) in [4.78, 5) is 0.212. The van der Waals surface area contributed by atoms with E-state index in [9.17, 15) is 0 Å². The normalized spacial score (nSPS) is 13.0. The molecule has 12 heavy (non-hydrogen) atoms. The van der Waals surface area contributed by atoms with E-state index in [2.05, 4.69) is 31.9 Å². The quantitative estimate of drug-likeness (QED) is 0.681. The molecule has 0 bridgehead atoms. The van der Waals surface area contributed by atoms with Gasteiger partial charge in [-0.25, -0.2) is 0 Å². The fourth-order valence-corrected chi connectivity index (χ4v) is 2.15. The van der Waals surface area contributed by atoms with Crippen molar-refractivity contribution in [1.29, 1.82) is 0 Å². The molecule has 1 unspecified atom stereocenters. The van der Waals surface area contributed by atoms with Gasteiger partial charge in [-0.05, 0) is 11.6 Å². The van der Waals surface area contributed by atoms with Gasteiger partial charge in [0.05, 0.1) is 14.9 Å². The molecule has 0 aromatic heterocycles. The number of hydrogen-bond donors (Lipinski definition) is 0. The van der Waals surface area contributed by atoms with E-state index in [-0.39, 0.29) is 4.83 Å². The third kappa shape index (κ3) is 2.38. The number of alkyl halides is 2. The van der Waals surface area contributed by atoms with Gasteiger partial charge in [-0.3, -0.25) is 0 Å². The van der Waals surface area contributed by atoms with Crippen molar-refractivity contribution >= 4 is 55.1 Å². The van der Waals surface area contributed by atoms with E-state index in [4.69, 9.17) is 23.2 Å². The summed E-state index contributed by atoms with van der Waals surface area (Å²) in [5.41, 5.74) is 1.01. The Morgan fingerprint density at radius 1 is 1.33 bits per heavy atom. The van der Waals surface area contributed by atoms with Crippen molar-refractivity contribution in [2.75, 3.05) is 5.33 Å². The van der Waals surface area contributed by atoms with Gasteiger partial charge in [0.15, 0.2) is 0 Å². The van der Waals surface area contributed by atoms with Crippen molar-refractivity contribution in [3.05, 3.63) is 33.8 Å². The maximum absolute atomic E-state index is 5.98. The zero-order valence-corrected chi connectivity index (χ0v) is 10.7. The molecule has 0 spiro atoms. The van der Waals surface area contributed by atoms with Gasteiger partial charge in [-0.15, -0.1) is 0 Å². The second kappa shape index (κ2) is 4.85. The Kier molecular flexibility index (Phi) is 4.38. The molecule has 0 aliphatic carbocycles. The molecule has 0 saturated carbocycles. The summed E-state index contributed by atoms with van der Waals surface area (Å²) in [5, 5.41) is 2.03.